The third-order valence-corrected chi connectivity index (χ3v) is 5.16. The van der Waals surface area contributed by atoms with Crippen LogP contribution in [0.5, 0.6) is 0 Å². The summed E-state index contributed by atoms with van der Waals surface area (Å²) in [6.45, 7) is 10.9. The fourth-order valence-electron chi connectivity index (χ4n) is 2.73. The largest absolute Gasteiger partial charge is 0.481 e. The SMILES string of the molecule is Cc1nc(C)c(C(C)N2CCN(CCC(=O)O)CC2)s1. The highest BCUT2D eigenvalue weighted by molar-refractivity contribution is 7.11. The fourth-order valence-corrected chi connectivity index (χ4v) is 3.74. The van der Waals surface area contributed by atoms with Crippen molar-refractivity contribution >= 4 is 17.3 Å². The lowest BCUT2D eigenvalue weighted by Crippen LogP contribution is -2.47. The lowest BCUT2D eigenvalue weighted by atomic mass is 10.1. The van der Waals surface area contributed by atoms with Crippen LogP contribution in [0.4, 0.5) is 0 Å². The van der Waals surface area contributed by atoms with Gasteiger partial charge in [0.25, 0.3) is 0 Å². The van der Waals surface area contributed by atoms with Gasteiger partial charge in [-0.15, -0.1) is 11.3 Å². The Morgan fingerprint density at radius 3 is 2.50 bits per heavy atom. The van der Waals surface area contributed by atoms with Gasteiger partial charge in [-0.25, -0.2) is 4.98 Å². The summed E-state index contributed by atoms with van der Waals surface area (Å²) in [4.78, 5) is 21.2. The van der Waals surface area contributed by atoms with Crippen LogP contribution < -0.4 is 0 Å². The smallest absolute Gasteiger partial charge is 0.304 e. The van der Waals surface area contributed by atoms with Crippen LogP contribution >= 0.6 is 11.3 Å². The van der Waals surface area contributed by atoms with E-state index in [2.05, 4.69) is 35.6 Å². The summed E-state index contributed by atoms with van der Waals surface area (Å²) in [6, 6.07) is 0.405. The van der Waals surface area contributed by atoms with Crippen molar-refractivity contribution in [1.82, 2.24) is 14.8 Å². The van der Waals surface area contributed by atoms with Gasteiger partial charge in [0.15, 0.2) is 0 Å². The summed E-state index contributed by atoms with van der Waals surface area (Å²) in [6.07, 6.45) is 0.239. The van der Waals surface area contributed by atoms with Crippen LogP contribution in [0, 0.1) is 13.8 Å². The van der Waals surface area contributed by atoms with Crippen molar-refractivity contribution in [1.29, 1.82) is 0 Å². The lowest BCUT2D eigenvalue weighted by molar-refractivity contribution is -0.137. The number of rotatable bonds is 5. The van der Waals surface area contributed by atoms with Crippen molar-refractivity contribution in [2.75, 3.05) is 32.7 Å². The number of carboxylic acid groups (broad SMARTS) is 1. The molecular formula is C14H23N3O2S. The van der Waals surface area contributed by atoms with E-state index in [1.54, 1.807) is 11.3 Å². The van der Waals surface area contributed by atoms with Gasteiger partial charge < -0.3 is 10.0 Å². The van der Waals surface area contributed by atoms with Crippen LogP contribution in [0.2, 0.25) is 0 Å². The van der Waals surface area contributed by atoms with Gasteiger partial charge in [0.1, 0.15) is 0 Å². The first-order valence-corrected chi connectivity index (χ1v) is 7.91. The summed E-state index contributed by atoms with van der Waals surface area (Å²) in [5, 5.41) is 9.85. The molecule has 0 amide bonds. The second-order valence-corrected chi connectivity index (χ2v) is 6.61. The van der Waals surface area contributed by atoms with Crippen molar-refractivity contribution in [3.8, 4) is 0 Å². The van der Waals surface area contributed by atoms with Crippen molar-refractivity contribution < 1.29 is 9.90 Å². The average molecular weight is 297 g/mol. The molecule has 2 rings (SSSR count). The van der Waals surface area contributed by atoms with Gasteiger partial charge in [-0.2, -0.15) is 0 Å². The van der Waals surface area contributed by atoms with Crippen molar-refractivity contribution in [2.24, 2.45) is 0 Å². The maximum Gasteiger partial charge on any atom is 0.304 e. The Morgan fingerprint density at radius 1 is 1.35 bits per heavy atom. The highest BCUT2D eigenvalue weighted by atomic mass is 32.1. The number of aromatic nitrogens is 1. The van der Waals surface area contributed by atoms with Gasteiger partial charge >= 0.3 is 5.97 Å². The predicted octanol–water partition coefficient (Wildman–Crippen LogP) is 1.91. The average Bonchev–Trinajstić information content (AvgIpc) is 2.75. The fraction of sp³-hybridized carbons (Fsp3) is 0.714. The Morgan fingerprint density at radius 2 is 2.00 bits per heavy atom. The lowest BCUT2D eigenvalue weighted by Gasteiger charge is -2.37. The first kappa shape index (κ1) is 15.4. The van der Waals surface area contributed by atoms with E-state index < -0.39 is 5.97 Å². The van der Waals surface area contributed by atoms with Crippen molar-refractivity contribution in [3.63, 3.8) is 0 Å². The maximum absolute atomic E-state index is 10.6. The van der Waals surface area contributed by atoms with E-state index in [4.69, 9.17) is 5.11 Å². The van der Waals surface area contributed by atoms with E-state index in [1.165, 1.54) is 4.88 Å². The molecule has 112 valence electrons. The highest BCUT2D eigenvalue weighted by Crippen LogP contribution is 2.29. The second-order valence-electron chi connectivity index (χ2n) is 5.38. The Labute approximate surface area is 124 Å². The van der Waals surface area contributed by atoms with Crippen LogP contribution in [0.3, 0.4) is 0 Å². The number of thiazole rings is 1. The van der Waals surface area contributed by atoms with E-state index in [9.17, 15) is 4.79 Å². The Hall–Kier alpha value is -0.980. The highest BCUT2D eigenvalue weighted by Gasteiger charge is 2.24. The molecule has 1 unspecified atom stereocenters. The zero-order valence-electron chi connectivity index (χ0n) is 12.4. The van der Waals surface area contributed by atoms with E-state index in [1.807, 2.05) is 0 Å². The standard InChI is InChI=1S/C14H23N3O2S/c1-10-14(20-12(3)15-10)11(2)17-8-6-16(7-9-17)5-4-13(18)19/h11H,4-9H2,1-3H3,(H,18,19). The Bertz CT molecular complexity index is 467. The number of nitrogens with zero attached hydrogens (tertiary/aromatic N) is 3. The molecule has 1 aliphatic rings. The van der Waals surface area contributed by atoms with Gasteiger partial charge in [0, 0.05) is 43.6 Å². The minimum atomic E-state index is -0.712. The van der Waals surface area contributed by atoms with E-state index in [0.29, 0.717) is 12.6 Å². The van der Waals surface area contributed by atoms with Gasteiger partial charge in [0.2, 0.25) is 0 Å². The second kappa shape index (κ2) is 6.65. The minimum Gasteiger partial charge on any atom is -0.481 e. The van der Waals surface area contributed by atoms with Gasteiger partial charge in [-0.1, -0.05) is 0 Å². The first-order valence-electron chi connectivity index (χ1n) is 7.09. The molecule has 0 saturated carbocycles. The maximum atomic E-state index is 10.6. The Balaban J connectivity index is 1.87. The van der Waals surface area contributed by atoms with Crippen molar-refractivity contribution in [2.45, 2.75) is 33.2 Å². The normalized spacial score (nSPS) is 19.1. The molecule has 1 fully saturated rings. The zero-order chi connectivity index (χ0) is 14.7. The number of carbonyl (C=O) groups is 1. The monoisotopic (exact) mass is 297 g/mol. The van der Waals surface area contributed by atoms with Crippen LogP contribution in [-0.2, 0) is 4.79 Å². The van der Waals surface area contributed by atoms with Crippen LogP contribution in [0.15, 0.2) is 0 Å². The molecule has 2 heterocycles. The molecule has 6 heteroatoms. The first-order chi connectivity index (χ1) is 9.47. The number of hydrogen-bond acceptors (Lipinski definition) is 5. The summed E-state index contributed by atoms with van der Waals surface area (Å²) in [5.41, 5.74) is 1.15. The quantitative estimate of drug-likeness (QED) is 0.900. The summed E-state index contributed by atoms with van der Waals surface area (Å²) < 4.78 is 0. The zero-order valence-corrected chi connectivity index (χ0v) is 13.2. The molecule has 1 saturated heterocycles. The molecule has 20 heavy (non-hydrogen) atoms. The van der Waals surface area contributed by atoms with Crippen molar-refractivity contribution in [3.05, 3.63) is 15.6 Å². The summed E-state index contributed by atoms with van der Waals surface area (Å²) in [7, 11) is 0. The number of aliphatic carboxylic acids is 1. The number of aryl methyl sites for hydroxylation is 2. The third-order valence-electron chi connectivity index (χ3n) is 3.92. The Kier molecular flexibility index (Phi) is 5.12. The number of piperazine rings is 1. The minimum absolute atomic E-state index is 0.239. The molecular weight excluding hydrogens is 274 g/mol. The number of carboxylic acids is 1. The molecule has 1 N–H and O–H groups in total. The van der Waals surface area contributed by atoms with E-state index in [-0.39, 0.29) is 6.42 Å². The van der Waals surface area contributed by atoms with Crippen LogP contribution in [-0.4, -0.2) is 58.6 Å². The van der Waals surface area contributed by atoms with Gasteiger partial charge in [0.05, 0.1) is 17.1 Å². The van der Waals surface area contributed by atoms with E-state index in [0.717, 1.165) is 36.9 Å². The predicted molar refractivity (Wildman–Crippen MR) is 80.3 cm³/mol. The molecule has 1 aromatic rings. The molecule has 0 radical (unpaired) electrons. The molecule has 0 spiro atoms. The molecule has 1 aromatic heterocycles. The molecule has 1 atom stereocenters. The topological polar surface area (TPSA) is 56.7 Å². The van der Waals surface area contributed by atoms with Gasteiger partial charge in [-0.3, -0.25) is 9.69 Å². The van der Waals surface area contributed by atoms with Crippen LogP contribution in [0.25, 0.3) is 0 Å². The molecule has 0 aliphatic carbocycles. The summed E-state index contributed by atoms with van der Waals surface area (Å²) >= 11 is 1.79. The number of hydrogen-bond donors (Lipinski definition) is 1. The molecule has 1 aliphatic heterocycles. The van der Waals surface area contributed by atoms with Gasteiger partial charge in [-0.05, 0) is 20.8 Å². The molecule has 5 nitrogen and oxygen atoms in total. The molecule has 0 bridgehead atoms. The van der Waals surface area contributed by atoms with Crippen LogP contribution in [0.1, 0.15) is 35.0 Å². The summed E-state index contributed by atoms with van der Waals surface area (Å²) in [5.74, 6) is -0.712. The molecule has 0 aromatic carbocycles. The third kappa shape index (κ3) is 3.77. The van der Waals surface area contributed by atoms with E-state index >= 15 is 0 Å².